The maximum absolute atomic E-state index is 12.8. The summed E-state index contributed by atoms with van der Waals surface area (Å²) in [6.45, 7) is 3.70. The predicted octanol–water partition coefficient (Wildman–Crippen LogP) is 8.45. The van der Waals surface area contributed by atoms with E-state index in [1.54, 1.807) is 0 Å². The highest BCUT2D eigenvalue weighted by molar-refractivity contribution is 7.85. The molecule has 0 aromatic heterocycles. The molecular formula is C43H78O12S. The maximum atomic E-state index is 12.8. The third-order valence-electron chi connectivity index (χ3n) is 10.0. The average Bonchev–Trinajstić information content (AvgIpc) is 3.16. The van der Waals surface area contributed by atoms with Gasteiger partial charge in [0.15, 0.2) is 12.4 Å². The molecule has 1 aliphatic heterocycles. The van der Waals surface area contributed by atoms with Crippen LogP contribution in [0.25, 0.3) is 0 Å². The monoisotopic (exact) mass is 819 g/mol. The number of esters is 2. The molecule has 1 rings (SSSR count). The van der Waals surface area contributed by atoms with Crippen LogP contribution in [-0.4, -0.2) is 96.0 Å². The third-order valence-corrected chi connectivity index (χ3v) is 10.8. The Hall–Kier alpha value is -1.87. The van der Waals surface area contributed by atoms with Gasteiger partial charge in [-0.15, -0.1) is 0 Å². The Bertz CT molecular complexity index is 1140. The summed E-state index contributed by atoms with van der Waals surface area (Å²) in [5.41, 5.74) is 0. The van der Waals surface area contributed by atoms with Crippen LogP contribution in [0.1, 0.15) is 181 Å². The second-order valence-corrected chi connectivity index (χ2v) is 16.9. The van der Waals surface area contributed by atoms with Crippen LogP contribution < -0.4 is 0 Å². The normalized spacial score (nSPS) is 20.9. The molecule has 6 atom stereocenters. The number of unbranched alkanes of at least 4 members (excludes halogenated alkanes) is 20. The lowest BCUT2D eigenvalue weighted by Crippen LogP contribution is -2.60. The quantitative estimate of drug-likeness (QED) is 0.0205. The van der Waals surface area contributed by atoms with Crippen LogP contribution in [0.5, 0.6) is 0 Å². The number of hydrogen-bond acceptors (Lipinski definition) is 11. The number of aliphatic hydroxyl groups excluding tert-OH is 3. The Kier molecular flexibility index (Phi) is 31.7. The summed E-state index contributed by atoms with van der Waals surface area (Å²) in [7, 11) is -4.60. The van der Waals surface area contributed by atoms with Gasteiger partial charge in [-0.2, -0.15) is 8.42 Å². The number of allylic oxidation sites excluding steroid dienone is 4. The van der Waals surface area contributed by atoms with Gasteiger partial charge in [0.25, 0.3) is 10.1 Å². The number of hydrogen-bond donors (Lipinski definition) is 4. The van der Waals surface area contributed by atoms with Crippen molar-refractivity contribution in [2.75, 3.05) is 19.0 Å². The number of carbonyl (C=O) groups is 2. The van der Waals surface area contributed by atoms with Crippen LogP contribution in [0.3, 0.4) is 0 Å². The Morgan fingerprint density at radius 2 is 1.07 bits per heavy atom. The lowest BCUT2D eigenvalue weighted by molar-refractivity contribution is -0.297. The Morgan fingerprint density at radius 1 is 0.607 bits per heavy atom. The van der Waals surface area contributed by atoms with Crippen LogP contribution >= 0.6 is 0 Å². The lowest BCUT2D eigenvalue weighted by atomic mass is 10.00. The summed E-state index contributed by atoms with van der Waals surface area (Å²) in [6, 6.07) is 0. The van der Waals surface area contributed by atoms with E-state index in [4.69, 9.17) is 18.9 Å². The minimum absolute atomic E-state index is 0.162. The van der Waals surface area contributed by atoms with Gasteiger partial charge in [-0.05, 0) is 44.9 Å². The van der Waals surface area contributed by atoms with E-state index in [0.29, 0.717) is 12.8 Å². The molecule has 2 unspecified atom stereocenters. The van der Waals surface area contributed by atoms with Crippen LogP contribution in [0.4, 0.5) is 0 Å². The van der Waals surface area contributed by atoms with Gasteiger partial charge >= 0.3 is 11.9 Å². The van der Waals surface area contributed by atoms with E-state index in [-0.39, 0.29) is 19.4 Å². The zero-order valence-corrected chi connectivity index (χ0v) is 35.6. The van der Waals surface area contributed by atoms with Crippen molar-refractivity contribution < 1.29 is 56.8 Å². The van der Waals surface area contributed by atoms with E-state index in [2.05, 4.69) is 38.2 Å². The van der Waals surface area contributed by atoms with Gasteiger partial charge in [0, 0.05) is 12.8 Å². The molecule has 12 nitrogen and oxygen atoms in total. The van der Waals surface area contributed by atoms with Gasteiger partial charge in [-0.1, -0.05) is 147 Å². The molecular weight excluding hydrogens is 741 g/mol. The van der Waals surface area contributed by atoms with Gasteiger partial charge in [0.05, 0.1) is 6.61 Å². The third kappa shape index (κ3) is 28.5. The van der Waals surface area contributed by atoms with Crippen molar-refractivity contribution in [3.63, 3.8) is 0 Å². The molecule has 0 aromatic carbocycles. The van der Waals surface area contributed by atoms with Gasteiger partial charge in [-0.3, -0.25) is 14.1 Å². The highest BCUT2D eigenvalue weighted by Gasteiger charge is 2.46. The van der Waals surface area contributed by atoms with Crippen molar-refractivity contribution >= 4 is 22.1 Å². The molecule has 1 heterocycles. The molecule has 1 aliphatic rings. The summed E-state index contributed by atoms with van der Waals surface area (Å²) in [6.07, 6.45) is 26.6. The average molecular weight is 819 g/mol. The van der Waals surface area contributed by atoms with Crippen molar-refractivity contribution in [2.45, 2.75) is 218 Å². The summed E-state index contributed by atoms with van der Waals surface area (Å²) in [5.74, 6) is -1.99. The molecule has 0 saturated carbocycles. The first-order valence-corrected chi connectivity index (χ1v) is 23.5. The lowest BCUT2D eigenvalue weighted by Gasteiger charge is -2.40. The first-order valence-electron chi connectivity index (χ1n) is 21.9. The zero-order valence-electron chi connectivity index (χ0n) is 34.7. The second-order valence-electron chi connectivity index (χ2n) is 15.4. The summed E-state index contributed by atoms with van der Waals surface area (Å²) in [4.78, 5) is 25.3. The van der Waals surface area contributed by atoms with E-state index in [1.807, 2.05) is 0 Å². The molecule has 4 N–H and O–H groups in total. The topological polar surface area (TPSA) is 186 Å². The van der Waals surface area contributed by atoms with E-state index < -0.39 is 71.2 Å². The van der Waals surface area contributed by atoms with Gasteiger partial charge in [-0.25, -0.2) is 0 Å². The zero-order chi connectivity index (χ0) is 41.3. The summed E-state index contributed by atoms with van der Waals surface area (Å²) < 4.78 is 53.9. The van der Waals surface area contributed by atoms with E-state index >= 15 is 0 Å². The van der Waals surface area contributed by atoms with Crippen LogP contribution in [0.15, 0.2) is 24.3 Å². The molecule has 328 valence electrons. The van der Waals surface area contributed by atoms with Gasteiger partial charge < -0.3 is 34.3 Å². The van der Waals surface area contributed by atoms with Crippen molar-refractivity contribution in [3.8, 4) is 0 Å². The second kappa shape index (κ2) is 34.0. The summed E-state index contributed by atoms with van der Waals surface area (Å²) >= 11 is 0. The Balaban J connectivity index is 2.42. The summed E-state index contributed by atoms with van der Waals surface area (Å²) in [5, 5.41) is 30.8. The van der Waals surface area contributed by atoms with Crippen molar-refractivity contribution in [3.05, 3.63) is 24.3 Å². The largest absolute Gasteiger partial charge is 0.462 e. The fraction of sp³-hybridized carbons (Fsp3) is 0.860. The molecule has 1 fully saturated rings. The fourth-order valence-electron chi connectivity index (χ4n) is 6.59. The standard InChI is InChI=1S/C43H78O12S/c1-3-5-7-9-11-13-14-15-16-17-18-19-20-21-22-24-26-28-30-32-39(45)54-36(33-52-38(44)31-29-27-25-23-12-10-8-6-4-2)34-53-43-42(48)41(47)40(46)37(55-43)35-56(49,50)51/h11,13,15-16,36-37,40-43,46-48H,3-10,12,14,17-35H2,1-2H3,(H,49,50,51)/b13-11+,16-15+/t36-,37-,40-,41?,42?,43+/m1/s1. The van der Waals surface area contributed by atoms with Crippen LogP contribution in [-0.2, 0) is 38.7 Å². The highest BCUT2D eigenvalue weighted by atomic mass is 32.2. The van der Waals surface area contributed by atoms with E-state index in [9.17, 15) is 37.9 Å². The fourth-order valence-corrected chi connectivity index (χ4v) is 7.28. The van der Waals surface area contributed by atoms with E-state index in [1.165, 1.54) is 89.9 Å². The maximum Gasteiger partial charge on any atom is 0.306 e. The van der Waals surface area contributed by atoms with E-state index in [0.717, 1.165) is 51.4 Å². The molecule has 0 aliphatic carbocycles. The minimum Gasteiger partial charge on any atom is -0.462 e. The van der Waals surface area contributed by atoms with Crippen molar-refractivity contribution in [1.29, 1.82) is 0 Å². The molecule has 56 heavy (non-hydrogen) atoms. The van der Waals surface area contributed by atoms with Crippen molar-refractivity contribution in [2.24, 2.45) is 0 Å². The van der Waals surface area contributed by atoms with Crippen molar-refractivity contribution in [1.82, 2.24) is 0 Å². The van der Waals surface area contributed by atoms with Gasteiger partial charge in [0.1, 0.15) is 36.8 Å². The smallest absolute Gasteiger partial charge is 0.306 e. The number of ether oxygens (including phenoxy) is 4. The van der Waals surface area contributed by atoms with Gasteiger partial charge in [0.2, 0.25) is 0 Å². The molecule has 0 aromatic rings. The molecule has 0 bridgehead atoms. The molecule has 0 spiro atoms. The molecule has 0 amide bonds. The minimum atomic E-state index is -4.60. The highest BCUT2D eigenvalue weighted by Crippen LogP contribution is 2.24. The Morgan fingerprint density at radius 3 is 1.61 bits per heavy atom. The SMILES string of the molecule is CCCCC/C=C/C/C=C/CCCCCCCCCCCC(=O)O[C@H](COC(=O)CCCCCCCCCCC)CO[C@H]1O[C@H](CS(=O)(=O)O)[C@@H](O)C(O)C1O. The number of carbonyl (C=O) groups excluding carboxylic acids is 2. The first-order chi connectivity index (χ1) is 27.0. The Labute approximate surface area is 338 Å². The number of aliphatic hydroxyl groups is 3. The molecule has 0 radical (unpaired) electrons. The predicted molar refractivity (Wildman–Crippen MR) is 220 cm³/mol. The number of rotatable bonds is 36. The van der Waals surface area contributed by atoms with Crippen LogP contribution in [0.2, 0.25) is 0 Å². The van der Waals surface area contributed by atoms with Crippen LogP contribution in [0, 0.1) is 0 Å². The molecule has 1 saturated heterocycles. The molecule has 13 heteroatoms. The first kappa shape index (κ1) is 52.1.